The predicted octanol–water partition coefficient (Wildman–Crippen LogP) is 2.92. The largest absolute Gasteiger partial charge is 0.493 e. The van der Waals surface area contributed by atoms with E-state index in [0.717, 1.165) is 15.3 Å². The van der Waals surface area contributed by atoms with Crippen LogP contribution < -0.4 is 11.2 Å². The highest BCUT2D eigenvalue weighted by Crippen LogP contribution is 2.24. The maximum Gasteiger partial charge on any atom is 0.337 e. The summed E-state index contributed by atoms with van der Waals surface area (Å²) in [5, 5.41) is 12.4. The molecule has 8 heteroatoms. The molecule has 0 saturated heterocycles. The Balaban J connectivity index is 1.80. The fourth-order valence-electron chi connectivity index (χ4n) is 3.22. The van der Waals surface area contributed by atoms with E-state index in [2.05, 4.69) is 14.7 Å². The predicted molar refractivity (Wildman–Crippen MR) is 117 cm³/mol. The SMILES string of the molecule is COC(=O)c1ccc(N=Cc2c(O)n(-c3cccc4ccccc34)c(=O)[nH]c2=O)cc1. The van der Waals surface area contributed by atoms with Crippen LogP contribution in [0.1, 0.15) is 15.9 Å². The van der Waals surface area contributed by atoms with Crippen LogP contribution in [0.2, 0.25) is 0 Å². The minimum Gasteiger partial charge on any atom is -0.493 e. The summed E-state index contributed by atoms with van der Waals surface area (Å²) in [4.78, 5) is 42.8. The van der Waals surface area contributed by atoms with Crippen molar-refractivity contribution in [2.75, 3.05) is 7.11 Å². The number of ether oxygens (including phenoxy) is 1. The van der Waals surface area contributed by atoms with E-state index in [-0.39, 0.29) is 5.56 Å². The first-order valence-electron chi connectivity index (χ1n) is 9.28. The standard InChI is InChI=1S/C23H17N3O5/c1-31-22(29)15-9-11-16(12-10-15)24-13-18-20(27)25-23(30)26(21(18)28)19-8-4-6-14-5-2-3-7-17(14)19/h2-13,28H,1H3,(H,25,27,30). The van der Waals surface area contributed by atoms with E-state index < -0.39 is 23.1 Å². The van der Waals surface area contributed by atoms with Crippen LogP contribution in [0, 0.1) is 0 Å². The minimum absolute atomic E-state index is 0.176. The number of esters is 1. The summed E-state index contributed by atoms with van der Waals surface area (Å²) in [5.74, 6) is -1.01. The first kappa shape index (κ1) is 19.8. The van der Waals surface area contributed by atoms with E-state index in [1.807, 2.05) is 30.3 Å². The molecule has 1 heterocycles. The quantitative estimate of drug-likeness (QED) is 0.393. The topological polar surface area (TPSA) is 114 Å². The number of H-pyrrole nitrogens is 1. The van der Waals surface area contributed by atoms with Gasteiger partial charge >= 0.3 is 11.7 Å². The zero-order valence-electron chi connectivity index (χ0n) is 16.4. The Kier molecular flexibility index (Phi) is 5.19. The number of aromatic amines is 1. The summed E-state index contributed by atoms with van der Waals surface area (Å²) in [5.41, 5.74) is -0.494. The number of aliphatic imine (C=N–C) groups is 1. The van der Waals surface area contributed by atoms with Gasteiger partial charge < -0.3 is 9.84 Å². The third-order valence-electron chi connectivity index (χ3n) is 4.76. The Hall–Kier alpha value is -4.46. The van der Waals surface area contributed by atoms with Gasteiger partial charge in [-0.05, 0) is 35.7 Å². The summed E-state index contributed by atoms with van der Waals surface area (Å²) in [7, 11) is 1.29. The Morgan fingerprint density at radius 3 is 2.48 bits per heavy atom. The summed E-state index contributed by atoms with van der Waals surface area (Å²) >= 11 is 0. The Bertz CT molecular complexity index is 1430. The van der Waals surface area contributed by atoms with Crippen LogP contribution >= 0.6 is 0 Å². The number of fused-ring (bicyclic) bond motifs is 1. The molecule has 8 nitrogen and oxygen atoms in total. The van der Waals surface area contributed by atoms with Gasteiger partial charge in [-0.3, -0.25) is 14.8 Å². The molecule has 0 bridgehead atoms. The number of rotatable bonds is 4. The molecule has 3 aromatic carbocycles. The fourth-order valence-corrected chi connectivity index (χ4v) is 3.22. The van der Waals surface area contributed by atoms with Gasteiger partial charge in [-0.2, -0.15) is 0 Å². The van der Waals surface area contributed by atoms with Gasteiger partial charge in [0.05, 0.1) is 24.0 Å². The molecule has 0 unspecified atom stereocenters. The molecule has 0 saturated carbocycles. The minimum atomic E-state index is -0.770. The number of carbonyl (C=O) groups is 1. The van der Waals surface area contributed by atoms with Crippen molar-refractivity contribution in [3.05, 3.63) is 98.7 Å². The van der Waals surface area contributed by atoms with Gasteiger partial charge in [0.15, 0.2) is 0 Å². The second-order valence-electron chi connectivity index (χ2n) is 6.63. The van der Waals surface area contributed by atoms with Crippen molar-refractivity contribution in [2.24, 2.45) is 4.99 Å². The molecule has 0 atom stereocenters. The van der Waals surface area contributed by atoms with Crippen molar-refractivity contribution < 1.29 is 14.6 Å². The normalized spacial score (nSPS) is 11.1. The smallest absolute Gasteiger partial charge is 0.337 e. The molecule has 1 aromatic heterocycles. The van der Waals surface area contributed by atoms with Gasteiger partial charge in [-0.15, -0.1) is 0 Å². The molecule has 0 aliphatic carbocycles. The number of aromatic hydroxyl groups is 1. The Labute approximate surface area is 175 Å². The van der Waals surface area contributed by atoms with Crippen LogP contribution in [0.15, 0.2) is 81.3 Å². The van der Waals surface area contributed by atoms with Gasteiger partial charge in [-0.25, -0.2) is 14.2 Å². The van der Waals surface area contributed by atoms with Crippen molar-refractivity contribution in [1.82, 2.24) is 9.55 Å². The molecule has 0 aliphatic heterocycles. The van der Waals surface area contributed by atoms with Crippen molar-refractivity contribution in [1.29, 1.82) is 0 Å². The lowest BCUT2D eigenvalue weighted by molar-refractivity contribution is 0.0601. The van der Waals surface area contributed by atoms with E-state index in [1.165, 1.54) is 25.5 Å². The zero-order chi connectivity index (χ0) is 22.0. The molecular formula is C23H17N3O5. The second kappa shape index (κ2) is 8.11. The molecule has 0 amide bonds. The molecule has 154 valence electrons. The highest BCUT2D eigenvalue weighted by molar-refractivity contribution is 5.92. The number of carbonyl (C=O) groups excluding carboxylic acids is 1. The lowest BCUT2D eigenvalue weighted by Gasteiger charge is -2.12. The van der Waals surface area contributed by atoms with E-state index >= 15 is 0 Å². The van der Waals surface area contributed by atoms with Crippen LogP contribution in [-0.2, 0) is 4.74 Å². The number of aromatic nitrogens is 2. The van der Waals surface area contributed by atoms with Gasteiger partial charge in [0.2, 0.25) is 5.88 Å². The second-order valence-corrected chi connectivity index (χ2v) is 6.63. The third-order valence-corrected chi connectivity index (χ3v) is 4.76. The lowest BCUT2D eigenvalue weighted by atomic mass is 10.1. The van der Waals surface area contributed by atoms with Crippen LogP contribution in [0.5, 0.6) is 5.88 Å². The highest BCUT2D eigenvalue weighted by atomic mass is 16.5. The summed E-state index contributed by atoms with van der Waals surface area (Å²) in [6.07, 6.45) is 1.17. The Morgan fingerprint density at radius 2 is 1.74 bits per heavy atom. The molecule has 0 spiro atoms. The molecule has 31 heavy (non-hydrogen) atoms. The molecule has 2 N–H and O–H groups in total. The number of methoxy groups -OCH3 is 1. The summed E-state index contributed by atoms with van der Waals surface area (Å²) in [6, 6.07) is 18.9. The fraction of sp³-hybridized carbons (Fsp3) is 0.0435. The highest BCUT2D eigenvalue weighted by Gasteiger charge is 2.16. The number of hydrogen-bond acceptors (Lipinski definition) is 6. The van der Waals surface area contributed by atoms with Gasteiger partial charge in [0.25, 0.3) is 5.56 Å². The average molecular weight is 415 g/mol. The third kappa shape index (κ3) is 3.74. The molecule has 4 aromatic rings. The summed E-state index contributed by atoms with van der Waals surface area (Å²) < 4.78 is 5.68. The van der Waals surface area contributed by atoms with Crippen LogP contribution in [0.4, 0.5) is 5.69 Å². The molecular weight excluding hydrogens is 398 g/mol. The van der Waals surface area contributed by atoms with Crippen molar-refractivity contribution >= 4 is 28.6 Å². The molecule has 0 radical (unpaired) electrons. The number of nitrogens with one attached hydrogen (secondary N) is 1. The Morgan fingerprint density at radius 1 is 1.03 bits per heavy atom. The first-order chi connectivity index (χ1) is 15.0. The van der Waals surface area contributed by atoms with E-state index in [4.69, 9.17) is 0 Å². The van der Waals surface area contributed by atoms with E-state index in [1.54, 1.807) is 24.3 Å². The van der Waals surface area contributed by atoms with Crippen molar-refractivity contribution in [3.63, 3.8) is 0 Å². The van der Waals surface area contributed by atoms with Crippen LogP contribution in [0.25, 0.3) is 16.5 Å². The number of hydrogen-bond donors (Lipinski definition) is 2. The lowest BCUT2D eigenvalue weighted by Crippen LogP contribution is -2.31. The first-order valence-corrected chi connectivity index (χ1v) is 9.28. The number of benzene rings is 3. The van der Waals surface area contributed by atoms with Crippen molar-refractivity contribution in [3.8, 4) is 11.6 Å². The van der Waals surface area contributed by atoms with Crippen LogP contribution in [0.3, 0.4) is 0 Å². The van der Waals surface area contributed by atoms with Crippen LogP contribution in [-0.4, -0.2) is 34.0 Å². The maximum absolute atomic E-state index is 12.5. The van der Waals surface area contributed by atoms with E-state index in [0.29, 0.717) is 16.9 Å². The zero-order valence-corrected chi connectivity index (χ0v) is 16.4. The van der Waals surface area contributed by atoms with E-state index in [9.17, 15) is 19.5 Å². The number of nitrogens with zero attached hydrogens (tertiary/aromatic N) is 2. The average Bonchev–Trinajstić information content (AvgIpc) is 2.78. The molecule has 4 rings (SSSR count). The molecule has 0 aliphatic rings. The maximum atomic E-state index is 12.5. The summed E-state index contributed by atoms with van der Waals surface area (Å²) in [6.45, 7) is 0. The van der Waals surface area contributed by atoms with Crippen molar-refractivity contribution in [2.45, 2.75) is 0 Å². The van der Waals surface area contributed by atoms with Gasteiger partial charge in [0, 0.05) is 11.6 Å². The molecule has 0 fully saturated rings. The van der Waals surface area contributed by atoms with Gasteiger partial charge in [-0.1, -0.05) is 36.4 Å². The monoisotopic (exact) mass is 415 g/mol. The van der Waals surface area contributed by atoms with Gasteiger partial charge in [0.1, 0.15) is 5.56 Å².